The van der Waals surface area contributed by atoms with Crippen LogP contribution in [0, 0.1) is 0 Å². The first-order valence-electron chi connectivity index (χ1n) is 5.66. The summed E-state index contributed by atoms with van der Waals surface area (Å²) in [7, 11) is 0. The van der Waals surface area contributed by atoms with Crippen molar-refractivity contribution in [1.82, 2.24) is 0 Å². The summed E-state index contributed by atoms with van der Waals surface area (Å²) in [6.07, 6.45) is 0. The average Bonchev–Trinajstić information content (AvgIpc) is 2.46. The van der Waals surface area contributed by atoms with Gasteiger partial charge in [0.15, 0.2) is 5.84 Å². The predicted octanol–water partition coefficient (Wildman–Crippen LogP) is 3.80. The van der Waals surface area contributed by atoms with Gasteiger partial charge < -0.3 is 0 Å². The number of nitrogens with zero attached hydrogens (tertiary/aromatic N) is 2. The van der Waals surface area contributed by atoms with E-state index >= 15 is 0 Å². The smallest absolute Gasteiger partial charge is 0.159 e. The zero-order valence-corrected chi connectivity index (χ0v) is 10.1. The fourth-order valence-electron chi connectivity index (χ4n) is 1.60. The SMILES string of the molecule is C=NC(=NC(=C)c1ccccc1)c1ccccc1. The molecule has 18 heavy (non-hydrogen) atoms. The number of hydrogen-bond donors (Lipinski definition) is 0. The summed E-state index contributed by atoms with van der Waals surface area (Å²) in [6, 6.07) is 19.6. The van der Waals surface area contributed by atoms with Crippen molar-refractivity contribution in [2.75, 3.05) is 0 Å². The summed E-state index contributed by atoms with van der Waals surface area (Å²) in [4.78, 5) is 8.39. The average molecular weight is 234 g/mol. The second-order valence-corrected chi connectivity index (χ2v) is 3.77. The minimum absolute atomic E-state index is 0.587. The van der Waals surface area contributed by atoms with Crippen LogP contribution in [0.1, 0.15) is 11.1 Å². The Morgan fingerprint density at radius 1 is 0.778 bits per heavy atom. The van der Waals surface area contributed by atoms with Crippen LogP contribution in [0.3, 0.4) is 0 Å². The van der Waals surface area contributed by atoms with Crippen molar-refractivity contribution >= 4 is 18.3 Å². The van der Waals surface area contributed by atoms with Gasteiger partial charge in [-0.15, -0.1) is 0 Å². The van der Waals surface area contributed by atoms with Gasteiger partial charge in [0.2, 0.25) is 0 Å². The Kier molecular flexibility index (Phi) is 3.82. The lowest BCUT2D eigenvalue weighted by atomic mass is 10.1. The van der Waals surface area contributed by atoms with Gasteiger partial charge >= 0.3 is 0 Å². The Labute approximate surface area is 107 Å². The molecule has 0 amide bonds. The zero-order valence-electron chi connectivity index (χ0n) is 10.1. The first kappa shape index (κ1) is 12.0. The maximum atomic E-state index is 4.43. The van der Waals surface area contributed by atoms with Gasteiger partial charge in [0.25, 0.3) is 0 Å². The number of aliphatic imine (C=N–C) groups is 2. The molecule has 0 aromatic heterocycles. The van der Waals surface area contributed by atoms with Gasteiger partial charge in [-0.3, -0.25) is 0 Å². The van der Waals surface area contributed by atoms with Crippen LogP contribution >= 0.6 is 0 Å². The van der Waals surface area contributed by atoms with E-state index in [2.05, 4.69) is 23.3 Å². The van der Waals surface area contributed by atoms with E-state index in [-0.39, 0.29) is 0 Å². The Morgan fingerprint density at radius 3 is 1.78 bits per heavy atom. The molecule has 2 rings (SSSR count). The van der Waals surface area contributed by atoms with Crippen molar-refractivity contribution in [3.63, 3.8) is 0 Å². The van der Waals surface area contributed by atoms with Gasteiger partial charge in [0.05, 0.1) is 5.70 Å². The molecule has 2 aromatic carbocycles. The van der Waals surface area contributed by atoms with Gasteiger partial charge in [-0.25, -0.2) is 9.98 Å². The Morgan fingerprint density at radius 2 is 1.28 bits per heavy atom. The second-order valence-electron chi connectivity index (χ2n) is 3.77. The normalized spacial score (nSPS) is 11.0. The fourth-order valence-corrected chi connectivity index (χ4v) is 1.60. The highest BCUT2D eigenvalue weighted by Gasteiger charge is 2.02. The third-order valence-electron chi connectivity index (χ3n) is 2.53. The minimum atomic E-state index is 0.587. The van der Waals surface area contributed by atoms with Crippen LogP contribution in [0.15, 0.2) is 77.2 Å². The maximum Gasteiger partial charge on any atom is 0.159 e. The Bertz CT molecular complexity index is 569. The van der Waals surface area contributed by atoms with E-state index in [1.165, 1.54) is 0 Å². The molecule has 2 aromatic rings. The first-order chi connectivity index (χ1) is 8.81. The van der Waals surface area contributed by atoms with Crippen LogP contribution in [-0.2, 0) is 0 Å². The van der Waals surface area contributed by atoms with Gasteiger partial charge in [-0.05, 0) is 12.3 Å². The van der Waals surface area contributed by atoms with E-state index in [1.54, 1.807) is 0 Å². The Balaban J connectivity index is 2.32. The molecule has 0 fully saturated rings. The summed E-state index contributed by atoms with van der Waals surface area (Å²) in [5, 5.41) is 0. The van der Waals surface area contributed by atoms with E-state index < -0.39 is 0 Å². The molecule has 0 saturated heterocycles. The standard InChI is InChI=1S/C16H14N2/c1-13(14-9-5-3-6-10-14)18-16(17-2)15-11-7-4-8-12-15/h3-12H,1-2H2. The van der Waals surface area contributed by atoms with E-state index in [0.717, 1.165) is 11.1 Å². The van der Waals surface area contributed by atoms with Crippen molar-refractivity contribution in [1.29, 1.82) is 0 Å². The van der Waals surface area contributed by atoms with E-state index in [0.29, 0.717) is 11.5 Å². The third-order valence-corrected chi connectivity index (χ3v) is 2.53. The Hall–Kier alpha value is -2.48. The second kappa shape index (κ2) is 5.73. The predicted molar refractivity (Wildman–Crippen MR) is 78.0 cm³/mol. The van der Waals surface area contributed by atoms with Crippen LogP contribution in [0.25, 0.3) is 5.70 Å². The molecule has 0 unspecified atom stereocenters. The van der Waals surface area contributed by atoms with Crippen LogP contribution < -0.4 is 0 Å². The van der Waals surface area contributed by atoms with Gasteiger partial charge in [0, 0.05) is 5.56 Å². The largest absolute Gasteiger partial charge is 0.245 e. The quantitative estimate of drug-likeness (QED) is 0.570. The molecule has 2 nitrogen and oxygen atoms in total. The summed E-state index contributed by atoms with van der Waals surface area (Å²) in [5.41, 5.74) is 2.60. The lowest BCUT2D eigenvalue weighted by molar-refractivity contribution is 1.46. The number of amidine groups is 1. The van der Waals surface area contributed by atoms with E-state index in [9.17, 15) is 0 Å². The van der Waals surface area contributed by atoms with Crippen molar-refractivity contribution in [3.05, 3.63) is 78.4 Å². The molecule has 0 aliphatic carbocycles. The summed E-state index contributed by atoms with van der Waals surface area (Å²) < 4.78 is 0. The van der Waals surface area contributed by atoms with Gasteiger partial charge in [0.1, 0.15) is 0 Å². The fraction of sp³-hybridized carbons (Fsp3) is 0. The highest BCUT2D eigenvalue weighted by molar-refractivity contribution is 6.03. The van der Waals surface area contributed by atoms with Gasteiger partial charge in [-0.2, -0.15) is 0 Å². The summed E-state index contributed by atoms with van der Waals surface area (Å²) in [5.74, 6) is 0.587. The molecular formula is C16H14N2. The molecule has 0 N–H and O–H groups in total. The first-order valence-corrected chi connectivity index (χ1v) is 5.66. The van der Waals surface area contributed by atoms with E-state index in [1.807, 2.05) is 60.7 Å². The van der Waals surface area contributed by atoms with Crippen LogP contribution in [0.4, 0.5) is 0 Å². The lowest BCUT2D eigenvalue weighted by Gasteiger charge is -2.03. The molecule has 0 atom stereocenters. The molecule has 0 radical (unpaired) electrons. The van der Waals surface area contributed by atoms with E-state index in [4.69, 9.17) is 0 Å². The zero-order chi connectivity index (χ0) is 12.8. The van der Waals surface area contributed by atoms with Crippen molar-refractivity contribution in [2.45, 2.75) is 0 Å². The molecule has 0 saturated carbocycles. The third kappa shape index (κ3) is 2.80. The maximum absolute atomic E-state index is 4.43. The van der Waals surface area contributed by atoms with Crippen LogP contribution in [0.5, 0.6) is 0 Å². The number of hydrogen-bond acceptors (Lipinski definition) is 1. The number of rotatable bonds is 3. The van der Waals surface area contributed by atoms with Crippen LogP contribution in [0.2, 0.25) is 0 Å². The summed E-state index contributed by atoms with van der Waals surface area (Å²) >= 11 is 0. The van der Waals surface area contributed by atoms with Crippen molar-refractivity contribution in [2.24, 2.45) is 9.98 Å². The molecule has 0 aliphatic heterocycles. The molecular weight excluding hydrogens is 220 g/mol. The van der Waals surface area contributed by atoms with Gasteiger partial charge in [-0.1, -0.05) is 67.2 Å². The topological polar surface area (TPSA) is 24.7 Å². The molecule has 0 spiro atoms. The van der Waals surface area contributed by atoms with Crippen LogP contribution in [-0.4, -0.2) is 12.6 Å². The molecule has 88 valence electrons. The minimum Gasteiger partial charge on any atom is -0.245 e. The highest BCUT2D eigenvalue weighted by Crippen LogP contribution is 2.15. The molecule has 2 heteroatoms. The van der Waals surface area contributed by atoms with Crippen molar-refractivity contribution < 1.29 is 0 Å². The molecule has 0 bridgehead atoms. The van der Waals surface area contributed by atoms with Crippen molar-refractivity contribution in [3.8, 4) is 0 Å². The molecule has 0 aliphatic rings. The monoisotopic (exact) mass is 234 g/mol. The molecule has 0 heterocycles. The number of benzene rings is 2. The lowest BCUT2D eigenvalue weighted by Crippen LogP contribution is -1.96. The highest BCUT2D eigenvalue weighted by atomic mass is 14.9. The summed E-state index contributed by atoms with van der Waals surface area (Å²) in [6.45, 7) is 7.53.